The summed E-state index contributed by atoms with van der Waals surface area (Å²) in [6.45, 7) is 0.160. The fourth-order valence-electron chi connectivity index (χ4n) is 6.36. The molecule has 0 unspecified atom stereocenters. The summed E-state index contributed by atoms with van der Waals surface area (Å²) in [7, 11) is -1.87. The van der Waals surface area contributed by atoms with Crippen LogP contribution in [0.3, 0.4) is 0 Å². The van der Waals surface area contributed by atoms with Crippen molar-refractivity contribution in [1.29, 1.82) is 0 Å². The zero-order chi connectivity index (χ0) is 28.9. The van der Waals surface area contributed by atoms with Crippen molar-refractivity contribution in [1.82, 2.24) is 10.0 Å². The predicted molar refractivity (Wildman–Crippen MR) is 156 cm³/mol. The van der Waals surface area contributed by atoms with Gasteiger partial charge in [-0.3, -0.25) is 9.59 Å². The quantitative estimate of drug-likeness (QED) is 0.235. The normalized spacial score (nSPS) is 19.4. The van der Waals surface area contributed by atoms with Crippen LogP contribution in [0.5, 0.6) is 0 Å². The zero-order valence-corrected chi connectivity index (χ0v) is 23.7. The Labute approximate surface area is 238 Å². The van der Waals surface area contributed by atoms with Gasteiger partial charge in [-0.2, -0.15) is 0 Å². The summed E-state index contributed by atoms with van der Waals surface area (Å²) >= 11 is 0. The van der Waals surface area contributed by atoms with Crippen LogP contribution >= 0.6 is 0 Å². The fraction of sp³-hybridized carbons (Fsp3) is 0.312. The Kier molecular flexibility index (Phi) is 6.82. The molecule has 3 saturated carbocycles. The van der Waals surface area contributed by atoms with Crippen LogP contribution in [-0.4, -0.2) is 40.0 Å². The Morgan fingerprint density at radius 2 is 1.76 bits per heavy atom. The topological polar surface area (TPSA) is 105 Å². The molecule has 9 heteroatoms. The monoisotopic (exact) mass is 574 g/mol. The molecule has 0 aliphatic heterocycles. The first kappa shape index (κ1) is 27.4. The molecule has 4 aromatic rings. The Morgan fingerprint density at radius 3 is 2.39 bits per heavy atom. The molecule has 2 bridgehead atoms. The molecular weight excluding hydrogens is 543 g/mol. The van der Waals surface area contributed by atoms with Crippen LogP contribution in [0.1, 0.15) is 52.0 Å². The molecule has 7 nitrogen and oxygen atoms in total. The lowest BCUT2D eigenvalue weighted by molar-refractivity contribution is -0.103. The second kappa shape index (κ2) is 10.2. The summed E-state index contributed by atoms with van der Waals surface area (Å²) in [5, 5.41) is 3.23. The molecule has 7 rings (SSSR count). The van der Waals surface area contributed by atoms with Crippen LogP contribution in [0.2, 0.25) is 0 Å². The molecule has 0 saturated heterocycles. The Morgan fingerprint density at radius 1 is 1.02 bits per heavy atom. The third kappa shape index (κ3) is 5.31. The summed E-state index contributed by atoms with van der Waals surface area (Å²) in [6, 6.07) is 16.9. The van der Waals surface area contributed by atoms with Crippen molar-refractivity contribution >= 4 is 32.7 Å². The van der Waals surface area contributed by atoms with Crippen LogP contribution < -0.4 is 10.0 Å². The highest BCUT2D eigenvalue weighted by atomic mass is 32.2. The van der Waals surface area contributed by atoms with E-state index in [4.69, 9.17) is 4.42 Å². The van der Waals surface area contributed by atoms with Gasteiger partial charge in [0, 0.05) is 36.5 Å². The van der Waals surface area contributed by atoms with Crippen molar-refractivity contribution in [3.63, 3.8) is 0 Å². The molecule has 2 N–H and O–H groups in total. The number of carbonyl (C=O) groups is 2. The van der Waals surface area contributed by atoms with Gasteiger partial charge < -0.3 is 9.73 Å². The minimum absolute atomic E-state index is 0.124. The maximum absolute atomic E-state index is 13.7. The van der Waals surface area contributed by atoms with Gasteiger partial charge in [0.15, 0.2) is 5.78 Å². The SMILES string of the molecule is CNC(=O)c1c(-c2ccc(F)cc2)oc2cc(CCNS(C)(=O)=O)c(-c3cccc(C(=O)CC45CC(C4)C5)c3)cc12. The fourth-order valence-corrected chi connectivity index (χ4v) is 6.84. The summed E-state index contributed by atoms with van der Waals surface area (Å²) in [6.07, 6.45) is 5.45. The van der Waals surface area contributed by atoms with Crippen molar-refractivity contribution < 1.29 is 26.8 Å². The number of hydrogen-bond donors (Lipinski definition) is 2. The van der Waals surface area contributed by atoms with Gasteiger partial charge in [-0.15, -0.1) is 0 Å². The molecule has 3 aliphatic rings. The lowest BCUT2D eigenvalue weighted by Gasteiger charge is -2.62. The van der Waals surface area contributed by atoms with Crippen LogP contribution in [-0.2, 0) is 16.4 Å². The van der Waals surface area contributed by atoms with E-state index in [1.54, 1.807) is 12.1 Å². The molecule has 3 aromatic carbocycles. The number of rotatable bonds is 10. The molecule has 1 aromatic heterocycles. The first-order valence-corrected chi connectivity index (χ1v) is 15.6. The van der Waals surface area contributed by atoms with Crippen molar-refractivity contribution in [2.75, 3.05) is 19.8 Å². The van der Waals surface area contributed by atoms with Crippen molar-refractivity contribution in [3.05, 3.63) is 83.2 Å². The average Bonchev–Trinajstić information content (AvgIpc) is 3.27. The number of hydrogen-bond acceptors (Lipinski definition) is 5. The highest BCUT2D eigenvalue weighted by Crippen LogP contribution is 2.66. The minimum atomic E-state index is -3.40. The zero-order valence-electron chi connectivity index (χ0n) is 22.9. The second-order valence-electron chi connectivity index (χ2n) is 11.5. The molecule has 3 fully saturated rings. The van der Waals surface area contributed by atoms with Gasteiger partial charge in [0.05, 0.1) is 11.8 Å². The van der Waals surface area contributed by atoms with Crippen LogP contribution in [0.4, 0.5) is 4.39 Å². The summed E-state index contributed by atoms with van der Waals surface area (Å²) in [4.78, 5) is 26.3. The van der Waals surface area contributed by atoms with Gasteiger partial charge in [-0.05, 0) is 96.2 Å². The van der Waals surface area contributed by atoms with E-state index in [0.29, 0.717) is 46.3 Å². The van der Waals surface area contributed by atoms with E-state index >= 15 is 0 Å². The van der Waals surface area contributed by atoms with Crippen LogP contribution in [0.25, 0.3) is 33.4 Å². The number of halogens is 1. The number of Topliss-reactive ketones (excluding diaryl/α,β-unsaturated/α-hetero) is 1. The number of benzene rings is 3. The van der Waals surface area contributed by atoms with Gasteiger partial charge in [0.25, 0.3) is 5.91 Å². The van der Waals surface area contributed by atoms with Gasteiger partial charge in [0.2, 0.25) is 10.0 Å². The lowest BCUT2D eigenvalue weighted by Crippen LogP contribution is -2.52. The summed E-state index contributed by atoms with van der Waals surface area (Å²) in [5.41, 5.74) is 4.48. The van der Waals surface area contributed by atoms with E-state index in [2.05, 4.69) is 10.0 Å². The van der Waals surface area contributed by atoms with Crippen LogP contribution in [0, 0.1) is 17.2 Å². The standard InChI is InChI=1S/C32H31FN2O5S/c1-34-31(37)29-26-14-25(21-4-3-5-23(12-21)27(36)18-32-15-19(16-32)17-32)22(10-11-35-41(2,38)39)13-28(26)40-30(29)20-6-8-24(33)9-7-20/h3-9,12-14,19,35H,10-11,15-18H2,1-2H3,(H,34,37). The Hall–Kier alpha value is -3.82. The van der Waals surface area contributed by atoms with Gasteiger partial charge in [-0.25, -0.2) is 17.5 Å². The first-order chi connectivity index (χ1) is 19.5. The molecular formula is C32H31FN2O5S. The molecule has 1 amide bonds. The van der Waals surface area contributed by atoms with Crippen molar-refractivity contribution in [2.45, 2.75) is 32.1 Å². The van der Waals surface area contributed by atoms with Crippen molar-refractivity contribution in [2.24, 2.45) is 11.3 Å². The molecule has 0 radical (unpaired) electrons. The maximum atomic E-state index is 13.7. The molecule has 212 valence electrons. The smallest absolute Gasteiger partial charge is 0.255 e. The molecule has 3 aliphatic carbocycles. The summed E-state index contributed by atoms with van der Waals surface area (Å²) in [5.74, 6) is 0.465. The average molecular weight is 575 g/mol. The number of furan rings is 1. The molecule has 0 atom stereocenters. The Balaban J connectivity index is 1.46. The van der Waals surface area contributed by atoms with E-state index in [1.807, 2.05) is 36.4 Å². The maximum Gasteiger partial charge on any atom is 0.255 e. The number of sulfonamides is 1. The lowest BCUT2D eigenvalue weighted by atomic mass is 9.43. The second-order valence-corrected chi connectivity index (χ2v) is 13.3. The number of ketones is 1. The van der Waals surface area contributed by atoms with Gasteiger partial charge in [-0.1, -0.05) is 18.2 Å². The van der Waals surface area contributed by atoms with Crippen molar-refractivity contribution in [3.8, 4) is 22.5 Å². The van der Waals surface area contributed by atoms with E-state index in [-0.39, 0.29) is 23.7 Å². The minimum Gasteiger partial charge on any atom is -0.455 e. The largest absolute Gasteiger partial charge is 0.455 e. The number of amides is 1. The third-order valence-electron chi connectivity index (χ3n) is 8.43. The number of nitrogens with one attached hydrogen (secondary N) is 2. The van der Waals surface area contributed by atoms with Crippen LogP contribution in [0.15, 0.2) is 65.1 Å². The Bertz CT molecular complexity index is 1780. The molecule has 1 heterocycles. The highest BCUT2D eigenvalue weighted by molar-refractivity contribution is 7.88. The van der Waals surface area contributed by atoms with E-state index in [9.17, 15) is 22.4 Å². The first-order valence-electron chi connectivity index (χ1n) is 13.7. The number of fused-ring (bicyclic) bond motifs is 1. The predicted octanol–water partition coefficient (Wildman–Crippen LogP) is 5.73. The van der Waals surface area contributed by atoms with E-state index in [0.717, 1.165) is 48.1 Å². The molecule has 41 heavy (non-hydrogen) atoms. The van der Waals surface area contributed by atoms with E-state index in [1.165, 1.54) is 19.2 Å². The molecule has 0 spiro atoms. The third-order valence-corrected chi connectivity index (χ3v) is 9.16. The van der Waals surface area contributed by atoms with E-state index < -0.39 is 15.8 Å². The summed E-state index contributed by atoms with van der Waals surface area (Å²) < 4.78 is 45.9. The highest BCUT2D eigenvalue weighted by Gasteiger charge is 2.56. The van der Waals surface area contributed by atoms with Gasteiger partial charge >= 0.3 is 0 Å². The number of carbonyl (C=O) groups excluding carboxylic acids is 2. The van der Waals surface area contributed by atoms with Gasteiger partial charge in [0.1, 0.15) is 17.2 Å².